The fourth-order valence-electron chi connectivity index (χ4n) is 1.74. The number of nitrogens with two attached hydrogens (primary N) is 1. The second kappa shape index (κ2) is 5.87. The summed E-state index contributed by atoms with van der Waals surface area (Å²) in [5, 5.41) is 0. The third-order valence-electron chi connectivity index (χ3n) is 2.86. The Morgan fingerprint density at radius 2 is 1.85 bits per heavy atom. The van der Waals surface area contributed by atoms with E-state index in [-0.39, 0.29) is 10.6 Å². The fraction of sp³-hybridized carbons (Fsp3) is 0.143. The van der Waals surface area contributed by atoms with Crippen LogP contribution in [0.4, 0.5) is 5.69 Å². The highest BCUT2D eigenvalue weighted by Crippen LogP contribution is 2.32. The molecule has 2 aromatic rings. The molecule has 0 saturated carbocycles. The Morgan fingerprint density at radius 1 is 1.15 bits per heavy atom. The molecular formula is C14H16N2O2S2. The van der Waals surface area contributed by atoms with Gasteiger partial charge in [0.2, 0.25) is 10.0 Å². The zero-order valence-corrected chi connectivity index (χ0v) is 12.9. The number of hydrogen-bond donors (Lipinski definition) is 2. The molecule has 0 aliphatic rings. The van der Waals surface area contributed by atoms with Crippen LogP contribution in [0.25, 0.3) is 0 Å². The summed E-state index contributed by atoms with van der Waals surface area (Å²) < 4.78 is 25.8. The summed E-state index contributed by atoms with van der Waals surface area (Å²) >= 11 is 1.56. The van der Waals surface area contributed by atoms with Gasteiger partial charge in [0.1, 0.15) is 4.90 Å². The number of aryl methyl sites for hydroxylation is 1. The zero-order chi connectivity index (χ0) is 14.8. The van der Waals surface area contributed by atoms with Crippen molar-refractivity contribution < 1.29 is 8.42 Å². The average Bonchev–Trinajstić information content (AvgIpc) is 2.41. The summed E-state index contributed by atoms with van der Waals surface area (Å²) in [6.07, 6.45) is 0. The Kier molecular flexibility index (Phi) is 4.37. The second-order valence-electron chi connectivity index (χ2n) is 4.27. The Morgan fingerprint density at radius 3 is 2.45 bits per heavy atom. The van der Waals surface area contributed by atoms with Crippen molar-refractivity contribution in [2.45, 2.75) is 21.6 Å². The molecule has 20 heavy (non-hydrogen) atoms. The maximum atomic E-state index is 11.7. The molecule has 4 nitrogen and oxygen atoms in total. The first-order chi connectivity index (χ1) is 9.44. The van der Waals surface area contributed by atoms with Gasteiger partial charge in [-0.2, -0.15) is 0 Å². The maximum absolute atomic E-state index is 11.7. The molecule has 0 heterocycles. The third-order valence-corrected chi connectivity index (χ3v) is 5.52. The van der Waals surface area contributed by atoms with Gasteiger partial charge in [-0.25, -0.2) is 13.1 Å². The van der Waals surface area contributed by atoms with Gasteiger partial charge in [-0.15, -0.1) is 0 Å². The lowest BCUT2D eigenvalue weighted by Gasteiger charge is -2.09. The predicted molar refractivity (Wildman–Crippen MR) is 82.4 cm³/mol. The van der Waals surface area contributed by atoms with Crippen molar-refractivity contribution in [3.8, 4) is 0 Å². The Labute approximate surface area is 123 Å². The summed E-state index contributed by atoms with van der Waals surface area (Å²) in [6.45, 7) is 2.03. The Hall–Kier alpha value is -1.50. The summed E-state index contributed by atoms with van der Waals surface area (Å²) in [5.74, 6) is 0. The summed E-state index contributed by atoms with van der Waals surface area (Å²) in [5.41, 5.74) is 7.26. The average molecular weight is 308 g/mol. The van der Waals surface area contributed by atoms with Crippen LogP contribution in [-0.4, -0.2) is 15.5 Å². The molecule has 0 fully saturated rings. The minimum absolute atomic E-state index is 0.106. The van der Waals surface area contributed by atoms with E-state index in [1.165, 1.54) is 18.7 Å². The quantitative estimate of drug-likeness (QED) is 0.852. The van der Waals surface area contributed by atoms with Crippen molar-refractivity contribution in [1.29, 1.82) is 0 Å². The standard InChI is InChI=1S/C14H16N2O2S2/c1-10-5-3-4-6-13(10)19-11-7-8-14(12(15)9-11)20(17,18)16-2/h3-9,16H,15H2,1-2H3. The monoisotopic (exact) mass is 308 g/mol. The highest BCUT2D eigenvalue weighted by Gasteiger charge is 2.15. The van der Waals surface area contributed by atoms with Crippen LogP contribution in [0.15, 0.2) is 57.2 Å². The van der Waals surface area contributed by atoms with Crippen molar-refractivity contribution in [1.82, 2.24) is 4.72 Å². The van der Waals surface area contributed by atoms with Crippen molar-refractivity contribution in [2.75, 3.05) is 12.8 Å². The van der Waals surface area contributed by atoms with Crippen LogP contribution in [0, 0.1) is 6.92 Å². The first kappa shape index (κ1) is 14.9. The third kappa shape index (κ3) is 3.15. The molecule has 0 atom stereocenters. The molecule has 0 spiro atoms. The van der Waals surface area contributed by atoms with Gasteiger partial charge in [0.25, 0.3) is 0 Å². The molecule has 0 aliphatic heterocycles. The highest BCUT2D eigenvalue weighted by atomic mass is 32.2. The topological polar surface area (TPSA) is 72.2 Å². The van der Waals surface area contributed by atoms with Crippen LogP contribution < -0.4 is 10.5 Å². The van der Waals surface area contributed by atoms with E-state index in [0.29, 0.717) is 0 Å². The molecule has 0 bridgehead atoms. The van der Waals surface area contributed by atoms with Crippen LogP contribution in [-0.2, 0) is 10.0 Å². The molecule has 0 aliphatic carbocycles. The molecule has 3 N–H and O–H groups in total. The molecule has 0 radical (unpaired) electrons. The highest BCUT2D eigenvalue weighted by molar-refractivity contribution is 7.99. The first-order valence-electron chi connectivity index (χ1n) is 6.00. The smallest absolute Gasteiger partial charge is 0.242 e. The van der Waals surface area contributed by atoms with Crippen LogP contribution in [0.1, 0.15) is 5.56 Å². The number of benzene rings is 2. The van der Waals surface area contributed by atoms with Crippen LogP contribution >= 0.6 is 11.8 Å². The van der Waals surface area contributed by atoms with Crippen molar-refractivity contribution in [3.63, 3.8) is 0 Å². The molecule has 0 aromatic heterocycles. The number of sulfonamides is 1. The lowest BCUT2D eigenvalue weighted by atomic mass is 10.2. The first-order valence-corrected chi connectivity index (χ1v) is 8.30. The van der Waals surface area contributed by atoms with E-state index in [1.54, 1.807) is 23.9 Å². The molecule has 2 rings (SSSR count). The zero-order valence-electron chi connectivity index (χ0n) is 11.3. The number of nitrogen functional groups attached to an aromatic ring is 1. The summed E-state index contributed by atoms with van der Waals surface area (Å²) in [4.78, 5) is 2.14. The van der Waals surface area contributed by atoms with E-state index in [9.17, 15) is 8.42 Å². The van der Waals surface area contributed by atoms with Gasteiger partial charge in [-0.05, 0) is 43.8 Å². The maximum Gasteiger partial charge on any atom is 0.242 e. The summed E-state index contributed by atoms with van der Waals surface area (Å²) in [7, 11) is -2.15. The van der Waals surface area contributed by atoms with Gasteiger partial charge >= 0.3 is 0 Å². The van der Waals surface area contributed by atoms with Gasteiger partial charge in [0.15, 0.2) is 0 Å². The Balaban J connectivity index is 2.33. The lowest BCUT2D eigenvalue weighted by Crippen LogP contribution is -2.19. The van der Waals surface area contributed by atoms with Gasteiger partial charge < -0.3 is 5.73 Å². The van der Waals surface area contributed by atoms with Gasteiger partial charge in [0, 0.05) is 9.79 Å². The molecule has 0 amide bonds. The van der Waals surface area contributed by atoms with Crippen LogP contribution in [0.5, 0.6) is 0 Å². The van der Waals surface area contributed by atoms with E-state index >= 15 is 0 Å². The number of hydrogen-bond acceptors (Lipinski definition) is 4. The molecule has 2 aromatic carbocycles. The molecule has 0 saturated heterocycles. The minimum atomic E-state index is -3.51. The predicted octanol–water partition coefficient (Wildman–Crippen LogP) is 2.64. The van der Waals surface area contributed by atoms with E-state index < -0.39 is 10.0 Å². The fourth-order valence-corrected chi connectivity index (χ4v) is 3.53. The minimum Gasteiger partial charge on any atom is -0.398 e. The molecule has 0 unspecified atom stereocenters. The van der Waals surface area contributed by atoms with Crippen molar-refractivity contribution in [2.24, 2.45) is 0 Å². The van der Waals surface area contributed by atoms with E-state index in [4.69, 9.17) is 5.73 Å². The molecule has 106 valence electrons. The normalized spacial score (nSPS) is 11.5. The lowest BCUT2D eigenvalue weighted by molar-refractivity contribution is 0.588. The number of rotatable bonds is 4. The molecular weight excluding hydrogens is 292 g/mol. The van der Waals surface area contributed by atoms with Crippen molar-refractivity contribution in [3.05, 3.63) is 48.0 Å². The SMILES string of the molecule is CNS(=O)(=O)c1ccc(Sc2ccccc2C)cc1N. The van der Waals surface area contributed by atoms with Gasteiger partial charge in [0.05, 0.1) is 5.69 Å². The number of anilines is 1. The Bertz CT molecular complexity index is 728. The van der Waals surface area contributed by atoms with E-state index in [0.717, 1.165) is 9.79 Å². The van der Waals surface area contributed by atoms with Crippen LogP contribution in [0.3, 0.4) is 0 Å². The largest absolute Gasteiger partial charge is 0.398 e. The molecule has 6 heteroatoms. The second-order valence-corrected chi connectivity index (χ2v) is 7.25. The van der Waals surface area contributed by atoms with Crippen molar-refractivity contribution >= 4 is 27.5 Å². The van der Waals surface area contributed by atoms with Gasteiger partial charge in [-0.1, -0.05) is 30.0 Å². The van der Waals surface area contributed by atoms with E-state index in [1.807, 2.05) is 31.2 Å². The summed E-state index contributed by atoms with van der Waals surface area (Å²) in [6, 6.07) is 13.0. The van der Waals surface area contributed by atoms with Gasteiger partial charge in [-0.3, -0.25) is 0 Å². The van der Waals surface area contributed by atoms with Crippen LogP contribution in [0.2, 0.25) is 0 Å². The number of nitrogens with one attached hydrogen (secondary N) is 1. The van der Waals surface area contributed by atoms with E-state index in [2.05, 4.69) is 4.72 Å².